The van der Waals surface area contributed by atoms with Gasteiger partial charge in [-0.25, -0.2) is 4.39 Å². The highest BCUT2D eigenvalue weighted by molar-refractivity contribution is 7.99. The van der Waals surface area contributed by atoms with Crippen LogP contribution in [0.1, 0.15) is 36.2 Å². The van der Waals surface area contributed by atoms with Crippen molar-refractivity contribution in [3.63, 3.8) is 0 Å². The zero-order chi connectivity index (χ0) is 22.2. The number of carbonyl (C=O) groups excluding carboxylic acids is 2. The zero-order valence-electron chi connectivity index (χ0n) is 17.3. The van der Waals surface area contributed by atoms with Gasteiger partial charge < -0.3 is 10.3 Å². The summed E-state index contributed by atoms with van der Waals surface area (Å²) in [7, 11) is 0. The monoisotopic (exact) mass is 449 g/mol. The normalized spacial score (nSPS) is 13.4. The van der Waals surface area contributed by atoms with Crippen molar-refractivity contribution in [2.45, 2.75) is 31.0 Å². The molecule has 0 unspecified atom stereocenters. The van der Waals surface area contributed by atoms with Gasteiger partial charge in [0.05, 0.1) is 11.3 Å². The number of H-pyrrole nitrogens is 1. The van der Waals surface area contributed by atoms with Crippen LogP contribution in [-0.4, -0.2) is 37.2 Å². The number of nitrogens with zero attached hydrogens (tertiary/aromatic N) is 3. The Morgan fingerprint density at radius 1 is 1.22 bits per heavy atom. The summed E-state index contributed by atoms with van der Waals surface area (Å²) < 4.78 is 16.5. The number of nitrogens with one attached hydrogen (secondary N) is 2. The van der Waals surface area contributed by atoms with Crippen LogP contribution < -0.4 is 5.32 Å². The summed E-state index contributed by atoms with van der Waals surface area (Å²) in [5.74, 6) is -0.504. The van der Waals surface area contributed by atoms with Gasteiger partial charge in [0.1, 0.15) is 5.82 Å². The Kier molecular flexibility index (Phi) is 5.26. The van der Waals surface area contributed by atoms with Gasteiger partial charge in [-0.2, -0.15) is 0 Å². The number of para-hydroxylation sites is 1. The zero-order valence-corrected chi connectivity index (χ0v) is 18.1. The van der Waals surface area contributed by atoms with Gasteiger partial charge in [0.2, 0.25) is 5.91 Å². The number of benzene rings is 2. The summed E-state index contributed by atoms with van der Waals surface area (Å²) in [6, 6.07) is 12.4. The number of aromatic amines is 1. The molecule has 0 aliphatic heterocycles. The van der Waals surface area contributed by atoms with E-state index in [9.17, 15) is 14.0 Å². The molecule has 1 amide bonds. The Morgan fingerprint density at radius 2 is 2.03 bits per heavy atom. The van der Waals surface area contributed by atoms with Gasteiger partial charge in [-0.05, 0) is 37.1 Å². The average molecular weight is 450 g/mol. The number of amides is 1. The van der Waals surface area contributed by atoms with Crippen molar-refractivity contribution >= 4 is 40.0 Å². The van der Waals surface area contributed by atoms with Crippen molar-refractivity contribution in [1.82, 2.24) is 19.7 Å². The molecule has 1 fully saturated rings. The molecule has 5 rings (SSSR count). The van der Waals surface area contributed by atoms with Crippen molar-refractivity contribution in [1.29, 1.82) is 0 Å². The lowest BCUT2D eigenvalue weighted by molar-refractivity contribution is -0.114. The van der Waals surface area contributed by atoms with Crippen molar-refractivity contribution in [2.24, 2.45) is 0 Å². The molecule has 9 heteroatoms. The van der Waals surface area contributed by atoms with E-state index in [1.54, 1.807) is 0 Å². The highest BCUT2D eigenvalue weighted by atomic mass is 32.2. The van der Waals surface area contributed by atoms with E-state index in [4.69, 9.17) is 0 Å². The SMILES string of the molecule is CC(=O)Nc1ccc(C(=O)CSc2nnc(-c3c[nH]c4ccccc34)n2C2CC2)c(F)c1. The number of anilines is 1. The molecular weight excluding hydrogens is 429 g/mol. The number of Topliss-reactive ketones (excluding diaryl/α,β-unsaturated/α-hetero) is 1. The molecule has 2 aromatic heterocycles. The molecule has 1 saturated carbocycles. The molecule has 2 aromatic carbocycles. The molecule has 7 nitrogen and oxygen atoms in total. The van der Waals surface area contributed by atoms with Crippen LogP contribution in [0.15, 0.2) is 53.8 Å². The number of carbonyl (C=O) groups is 2. The van der Waals surface area contributed by atoms with E-state index in [1.807, 2.05) is 30.5 Å². The summed E-state index contributed by atoms with van der Waals surface area (Å²) in [4.78, 5) is 27.1. The van der Waals surface area contributed by atoms with Gasteiger partial charge in [0.25, 0.3) is 0 Å². The highest BCUT2D eigenvalue weighted by Gasteiger charge is 2.31. The fourth-order valence-corrected chi connectivity index (χ4v) is 4.60. The van der Waals surface area contributed by atoms with Crippen LogP contribution in [0.2, 0.25) is 0 Å². The van der Waals surface area contributed by atoms with Gasteiger partial charge in [0.15, 0.2) is 16.8 Å². The highest BCUT2D eigenvalue weighted by Crippen LogP contribution is 2.42. The van der Waals surface area contributed by atoms with Crippen LogP contribution in [0.25, 0.3) is 22.3 Å². The largest absolute Gasteiger partial charge is 0.360 e. The average Bonchev–Trinajstić information content (AvgIpc) is 3.37. The molecule has 2 heterocycles. The Hall–Kier alpha value is -3.46. The molecule has 4 aromatic rings. The molecule has 32 heavy (non-hydrogen) atoms. The Morgan fingerprint density at radius 3 is 2.78 bits per heavy atom. The first-order valence-corrected chi connectivity index (χ1v) is 11.2. The van der Waals surface area contributed by atoms with Gasteiger partial charge in [0, 0.05) is 41.3 Å². The second-order valence-corrected chi connectivity index (χ2v) is 8.69. The maximum atomic E-state index is 14.4. The Bertz CT molecular complexity index is 1340. The summed E-state index contributed by atoms with van der Waals surface area (Å²) >= 11 is 1.26. The summed E-state index contributed by atoms with van der Waals surface area (Å²) in [5, 5.41) is 13.0. The van der Waals surface area contributed by atoms with Crippen LogP contribution in [-0.2, 0) is 4.79 Å². The minimum atomic E-state index is -0.662. The minimum absolute atomic E-state index is 0.0130. The van der Waals surface area contributed by atoms with Gasteiger partial charge in [-0.1, -0.05) is 30.0 Å². The predicted octanol–water partition coefficient (Wildman–Crippen LogP) is 4.83. The van der Waals surface area contributed by atoms with Crippen LogP contribution >= 0.6 is 11.8 Å². The second-order valence-electron chi connectivity index (χ2n) is 7.74. The number of hydrogen-bond acceptors (Lipinski definition) is 5. The number of fused-ring (bicyclic) bond motifs is 1. The molecule has 2 N–H and O–H groups in total. The fraction of sp³-hybridized carbons (Fsp3) is 0.217. The quantitative estimate of drug-likeness (QED) is 0.311. The molecule has 1 aliphatic rings. The van der Waals surface area contributed by atoms with Gasteiger partial charge in [-0.3, -0.25) is 14.2 Å². The second kappa shape index (κ2) is 8.23. The number of rotatable bonds is 7. The van der Waals surface area contributed by atoms with Crippen molar-refractivity contribution < 1.29 is 14.0 Å². The number of ketones is 1. The lowest BCUT2D eigenvalue weighted by Gasteiger charge is -2.09. The first kappa shape index (κ1) is 20.4. The van der Waals surface area contributed by atoms with Crippen LogP contribution in [0.4, 0.5) is 10.1 Å². The third-order valence-corrected chi connectivity index (χ3v) is 6.27. The standard InChI is InChI=1S/C23H20FN5O2S/c1-13(30)26-14-6-9-17(19(24)10-14)21(31)12-32-23-28-27-22(29(23)15-7-8-15)18-11-25-20-5-3-2-4-16(18)20/h2-6,9-11,15,25H,7-8,12H2,1H3,(H,26,30). The topological polar surface area (TPSA) is 92.7 Å². The molecule has 0 atom stereocenters. The van der Waals surface area contributed by atoms with E-state index in [2.05, 4.69) is 25.1 Å². The van der Waals surface area contributed by atoms with Crippen molar-refractivity contribution in [2.75, 3.05) is 11.1 Å². The van der Waals surface area contributed by atoms with Crippen molar-refractivity contribution in [3.05, 3.63) is 60.0 Å². The smallest absolute Gasteiger partial charge is 0.221 e. The Balaban J connectivity index is 1.38. The predicted molar refractivity (Wildman–Crippen MR) is 121 cm³/mol. The van der Waals surface area contributed by atoms with Crippen LogP contribution in [0.3, 0.4) is 0 Å². The molecule has 0 saturated heterocycles. The maximum Gasteiger partial charge on any atom is 0.221 e. The molecule has 0 bridgehead atoms. The number of aromatic nitrogens is 4. The van der Waals surface area contributed by atoms with E-state index < -0.39 is 5.82 Å². The van der Waals surface area contributed by atoms with E-state index >= 15 is 0 Å². The molecule has 0 spiro atoms. The van der Waals surface area contributed by atoms with E-state index in [1.165, 1.54) is 30.8 Å². The van der Waals surface area contributed by atoms with E-state index in [0.717, 1.165) is 41.2 Å². The third-order valence-electron chi connectivity index (χ3n) is 5.33. The molecular formula is C23H20FN5O2S. The third kappa shape index (κ3) is 3.91. The fourth-order valence-electron chi connectivity index (χ4n) is 3.71. The lowest BCUT2D eigenvalue weighted by Crippen LogP contribution is -2.09. The lowest BCUT2D eigenvalue weighted by atomic mass is 10.1. The summed E-state index contributed by atoms with van der Waals surface area (Å²) in [5.41, 5.74) is 2.30. The van der Waals surface area contributed by atoms with Gasteiger partial charge in [-0.15, -0.1) is 10.2 Å². The molecule has 0 radical (unpaired) electrons. The summed E-state index contributed by atoms with van der Waals surface area (Å²) in [6.07, 6.45) is 4.00. The van der Waals surface area contributed by atoms with Gasteiger partial charge >= 0.3 is 0 Å². The molecule has 162 valence electrons. The van der Waals surface area contributed by atoms with Crippen LogP contribution in [0, 0.1) is 5.82 Å². The first-order valence-electron chi connectivity index (χ1n) is 10.3. The van der Waals surface area contributed by atoms with Crippen molar-refractivity contribution in [3.8, 4) is 11.4 Å². The van der Waals surface area contributed by atoms with E-state index in [-0.39, 0.29) is 23.0 Å². The van der Waals surface area contributed by atoms with Crippen LogP contribution in [0.5, 0.6) is 0 Å². The summed E-state index contributed by atoms with van der Waals surface area (Å²) in [6.45, 7) is 1.34. The first-order chi connectivity index (χ1) is 15.5. The minimum Gasteiger partial charge on any atom is -0.360 e. The number of halogens is 1. The molecule has 1 aliphatic carbocycles. The number of hydrogen-bond donors (Lipinski definition) is 2. The van der Waals surface area contributed by atoms with E-state index in [0.29, 0.717) is 16.9 Å². The Labute approximate surface area is 187 Å². The number of thioether (sulfide) groups is 1. The maximum absolute atomic E-state index is 14.4.